The number of rotatable bonds is 2. The Morgan fingerprint density at radius 2 is 2.00 bits per heavy atom. The van der Waals surface area contributed by atoms with Crippen LogP contribution >= 0.6 is 0 Å². The van der Waals surface area contributed by atoms with Crippen molar-refractivity contribution in [3.63, 3.8) is 0 Å². The van der Waals surface area contributed by atoms with Gasteiger partial charge in [0.1, 0.15) is 6.61 Å². The lowest BCUT2D eigenvalue weighted by Gasteiger charge is -1.97. The van der Waals surface area contributed by atoms with Gasteiger partial charge in [0.25, 0.3) is 0 Å². The van der Waals surface area contributed by atoms with Crippen LogP contribution in [-0.4, -0.2) is 5.26 Å². The van der Waals surface area contributed by atoms with Gasteiger partial charge < -0.3 is 0 Å². The van der Waals surface area contributed by atoms with E-state index in [1.807, 2.05) is 45.0 Å². The molecule has 0 radical (unpaired) electrons. The molecule has 68 valence electrons. The fourth-order valence-corrected chi connectivity index (χ4v) is 0.876. The molecule has 1 rings (SSSR count). The highest BCUT2D eigenvalue weighted by Crippen LogP contribution is 2.03. The van der Waals surface area contributed by atoms with Crippen molar-refractivity contribution in [1.82, 2.24) is 0 Å². The van der Waals surface area contributed by atoms with Gasteiger partial charge in [-0.1, -0.05) is 43.7 Å². The second kappa shape index (κ2) is 6.83. The van der Waals surface area contributed by atoms with E-state index >= 15 is 0 Å². The van der Waals surface area contributed by atoms with E-state index in [2.05, 4.69) is 4.89 Å². The molecule has 1 aromatic carbocycles. The fourth-order valence-electron chi connectivity index (χ4n) is 0.876. The molecule has 12 heavy (non-hydrogen) atoms. The molecule has 0 heterocycles. The molecule has 0 aliphatic rings. The number of hydrogen-bond acceptors (Lipinski definition) is 2. The SMILES string of the molecule is CC.Cc1cccc(COO)c1. The van der Waals surface area contributed by atoms with Crippen molar-refractivity contribution in [2.24, 2.45) is 0 Å². The molecule has 2 nitrogen and oxygen atoms in total. The van der Waals surface area contributed by atoms with Gasteiger partial charge in [-0.3, -0.25) is 5.26 Å². The molecule has 0 unspecified atom stereocenters. The minimum Gasteiger partial charge on any atom is -0.251 e. The summed E-state index contributed by atoms with van der Waals surface area (Å²) in [4.78, 5) is 3.98. The average molecular weight is 168 g/mol. The molecule has 0 aliphatic heterocycles. The lowest BCUT2D eigenvalue weighted by atomic mass is 10.1. The molecule has 2 heteroatoms. The summed E-state index contributed by atoms with van der Waals surface area (Å²) in [5, 5.41) is 8.11. The van der Waals surface area contributed by atoms with Gasteiger partial charge in [-0.2, -0.15) is 0 Å². The quantitative estimate of drug-likeness (QED) is 0.543. The Labute approximate surface area is 73.7 Å². The van der Waals surface area contributed by atoms with Crippen LogP contribution in [0.1, 0.15) is 25.0 Å². The van der Waals surface area contributed by atoms with E-state index in [1.54, 1.807) is 0 Å². The Bertz CT molecular complexity index is 209. The maximum absolute atomic E-state index is 8.11. The van der Waals surface area contributed by atoms with Crippen LogP contribution in [0.2, 0.25) is 0 Å². The highest BCUT2D eigenvalue weighted by molar-refractivity contribution is 5.21. The van der Waals surface area contributed by atoms with Gasteiger partial charge in [0.15, 0.2) is 0 Å². The van der Waals surface area contributed by atoms with Crippen molar-refractivity contribution in [2.75, 3.05) is 0 Å². The van der Waals surface area contributed by atoms with Gasteiger partial charge in [0.05, 0.1) is 0 Å². The maximum Gasteiger partial charge on any atom is 0.107 e. The van der Waals surface area contributed by atoms with Gasteiger partial charge in [-0.25, -0.2) is 4.89 Å². The monoisotopic (exact) mass is 168 g/mol. The predicted molar refractivity (Wildman–Crippen MR) is 49.9 cm³/mol. The standard InChI is InChI=1S/C8H10O2.C2H6/c1-7-3-2-4-8(5-7)6-10-9;1-2/h2-5,9H,6H2,1H3;1-2H3. The van der Waals surface area contributed by atoms with E-state index in [9.17, 15) is 0 Å². The summed E-state index contributed by atoms with van der Waals surface area (Å²) < 4.78 is 0. The Hall–Kier alpha value is -0.860. The summed E-state index contributed by atoms with van der Waals surface area (Å²) >= 11 is 0. The van der Waals surface area contributed by atoms with Crippen molar-refractivity contribution in [3.05, 3.63) is 35.4 Å². The molecule has 0 saturated carbocycles. The third-order valence-electron chi connectivity index (χ3n) is 1.31. The number of benzene rings is 1. The molecule has 1 N–H and O–H groups in total. The molecule has 0 spiro atoms. The summed E-state index contributed by atoms with van der Waals surface area (Å²) in [5.74, 6) is 0. The second-order valence-corrected chi connectivity index (χ2v) is 2.26. The first-order chi connectivity index (χ1) is 5.83. The molecule has 0 bridgehead atoms. The molecule has 0 aliphatic carbocycles. The highest BCUT2D eigenvalue weighted by atomic mass is 17.1. The first kappa shape index (κ1) is 11.1. The topological polar surface area (TPSA) is 29.5 Å². The van der Waals surface area contributed by atoms with Crippen molar-refractivity contribution >= 4 is 0 Å². The average Bonchev–Trinajstić information content (AvgIpc) is 2.09. The normalized spacial score (nSPS) is 8.67. The number of hydrogen-bond donors (Lipinski definition) is 1. The van der Waals surface area contributed by atoms with E-state index in [0.29, 0.717) is 0 Å². The van der Waals surface area contributed by atoms with Crippen LogP contribution in [0.5, 0.6) is 0 Å². The Kier molecular flexibility index (Phi) is 6.34. The largest absolute Gasteiger partial charge is 0.251 e. The molecule has 0 fully saturated rings. The van der Waals surface area contributed by atoms with Crippen LogP contribution in [0.15, 0.2) is 24.3 Å². The minimum absolute atomic E-state index is 0.266. The lowest BCUT2D eigenvalue weighted by Crippen LogP contribution is -1.87. The van der Waals surface area contributed by atoms with Crippen LogP contribution in [0.3, 0.4) is 0 Å². The molecule has 0 amide bonds. The summed E-state index contributed by atoms with van der Waals surface area (Å²) in [5.41, 5.74) is 2.16. The predicted octanol–water partition coefficient (Wildman–Crippen LogP) is 3.01. The summed E-state index contributed by atoms with van der Waals surface area (Å²) in [6.07, 6.45) is 0. The first-order valence-electron chi connectivity index (χ1n) is 4.15. The fraction of sp³-hybridized carbons (Fsp3) is 0.400. The van der Waals surface area contributed by atoms with Crippen LogP contribution in [0.4, 0.5) is 0 Å². The van der Waals surface area contributed by atoms with Gasteiger partial charge in [-0.05, 0) is 12.5 Å². The third-order valence-corrected chi connectivity index (χ3v) is 1.31. The second-order valence-electron chi connectivity index (χ2n) is 2.26. The summed E-state index contributed by atoms with van der Waals surface area (Å²) in [7, 11) is 0. The zero-order valence-electron chi connectivity index (χ0n) is 7.87. The van der Waals surface area contributed by atoms with Crippen LogP contribution in [0, 0.1) is 6.92 Å². The summed E-state index contributed by atoms with van der Waals surface area (Å²) in [6.45, 7) is 6.27. The van der Waals surface area contributed by atoms with Gasteiger partial charge in [0, 0.05) is 0 Å². The zero-order chi connectivity index (χ0) is 9.40. The lowest BCUT2D eigenvalue weighted by molar-refractivity contribution is -0.253. The van der Waals surface area contributed by atoms with Crippen molar-refractivity contribution in [1.29, 1.82) is 0 Å². The van der Waals surface area contributed by atoms with Crippen molar-refractivity contribution in [3.8, 4) is 0 Å². The zero-order valence-corrected chi connectivity index (χ0v) is 7.87. The number of aryl methyl sites for hydroxylation is 1. The van der Waals surface area contributed by atoms with Crippen LogP contribution < -0.4 is 0 Å². The van der Waals surface area contributed by atoms with E-state index in [1.165, 1.54) is 5.56 Å². The van der Waals surface area contributed by atoms with E-state index in [-0.39, 0.29) is 6.61 Å². The van der Waals surface area contributed by atoms with E-state index in [0.717, 1.165) is 5.56 Å². The third kappa shape index (κ3) is 4.11. The van der Waals surface area contributed by atoms with Gasteiger partial charge in [-0.15, -0.1) is 0 Å². The molecule has 0 atom stereocenters. The minimum atomic E-state index is 0.266. The molecule has 0 saturated heterocycles. The molecule has 1 aromatic rings. The Morgan fingerprint density at radius 3 is 2.50 bits per heavy atom. The van der Waals surface area contributed by atoms with Crippen molar-refractivity contribution in [2.45, 2.75) is 27.4 Å². The molecular weight excluding hydrogens is 152 g/mol. The van der Waals surface area contributed by atoms with E-state index < -0.39 is 0 Å². The van der Waals surface area contributed by atoms with Crippen molar-refractivity contribution < 1.29 is 10.1 Å². The Morgan fingerprint density at radius 1 is 1.33 bits per heavy atom. The smallest absolute Gasteiger partial charge is 0.107 e. The highest BCUT2D eigenvalue weighted by Gasteiger charge is 1.90. The molecule has 0 aromatic heterocycles. The maximum atomic E-state index is 8.11. The van der Waals surface area contributed by atoms with Crippen LogP contribution in [-0.2, 0) is 11.5 Å². The van der Waals surface area contributed by atoms with Gasteiger partial charge in [0.2, 0.25) is 0 Å². The van der Waals surface area contributed by atoms with Gasteiger partial charge >= 0.3 is 0 Å². The van der Waals surface area contributed by atoms with E-state index in [4.69, 9.17) is 5.26 Å². The summed E-state index contributed by atoms with van der Waals surface area (Å²) in [6, 6.07) is 7.81. The van der Waals surface area contributed by atoms with Crippen LogP contribution in [0.25, 0.3) is 0 Å². The molecular formula is C10H16O2. The first-order valence-corrected chi connectivity index (χ1v) is 4.15. The Balaban J connectivity index is 0.000000561.